The van der Waals surface area contributed by atoms with Crippen molar-refractivity contribution in [3.8, 4) is 0 Å². The van der Waals surface area contributed by atoms with E-state index in [0.29, 0.717) is 12.2 Å². The fraction of sp³-hybridized carbons (Fsp3) is 0.417. The van der Waals surface area contributed by atoms with Crippen LogP contribution in [-0.4, -0.2) is 34.2 Å². The minimum Gasteiger partial charge on any atom is -0.326 e. The van der Waals surface area contributed by atoms with Gasteiger partial charge in [-0.05, 0) is 25.2 Å². The molecule has 0 bridgehead atoms. The van der Waals surface area contributed by atoms with Crippen LogP contribution in [0.3, 0.4) is 0 Å². The number of carbonyl (C=O) groups excluding carboxylic acids is 1. The van der Waals surface area contributed by atoms with E-state index in [0.717, 1.165) is 6.26 Å². The fourth-order valence-electron chi connectivity index (χ4n) is 1.47. The second-order valence-electron chi connectivity index (χ2n) is 4.25. The number of sulfone groups is 1. The number of hydrogen-bond acceptors (Lipinski definition) is 4. The van der Waals surface area contributed by atoms with Crippen LogP contribution in [0, 0.1) is 5.92 Å². The summed E-state index contributed by atoms with van der Waals surface area (Å²) < 4.78 is 22.8. The lowest BCUT2D eigenvalue weighted by atomic mass is 10.1. The third kappa shape index (κ3) is 4.12. The van der Waals surface area contributed by atoms with Gasteiger partial charge in [0.05, 0.1) is 4.90 Å². The van der Waals surface area contributed by atoms with Crippen molar-refractivity contribution in [2.24, 2.45) is 5.92 Å². The van der Waals surface area contributed by atoms with Crippen LogP contribution in [0.5, 0.6) is 0 Å². The van der Waals surface area contributed by atoms with Crippen LogP contribution in [0.15, 0.2) is 29.2 Å². The van der Waals surface area contributed by atoms with Gasteiger partial charge in [-0.15, -0.1) is 0 Å². The maximum absolute atomic E-state index is 11.8. The summed E-state index contributed by atoms with van der Waals surface area (Å²) in [4.78, 5) is 12.0. The van der Waals surface area contributed by atoms with Gasteiger partial charge in [0.2, 0.25) is 5.91 Å². The molecule has 1 aromatic rings. The van der Waals surface area contributed by atoms with Crippen molar-refractivity contribution in [3.63, 3.8) is 0 Å². The first-order valence-electron chi connectivity index (χ1n) is 5.60. The van der Waals surface area contributed by atoms with Gasteiger partial charge in [0.15, 0.2) is 9.84 Å². The number of hydrogen-bond donors (Lipinski definition) is 2. The van der Waals surface area contributed by atoms with Crippen LogP contribution < -0.4 is 10.6 Å². The molecular weight excluding hydrogens is 252 g/mol. The maximum Gasteiger partial charge on any atom is 0.228 e. The summed E-state index contributed by atoms with van der Waals surface area (Å²) in [6, 6.07) is 6.23. The molecule has 0 spiro atoms. The molecule has 1 amide bonds. The van der Waals surface area contributed by atoms with Gasteiger partial charge in [-0.2, -0.15) is 0 Å². The standard InChI is InChI=1S/C12H18N2O3S/c1-9(8-13-2)12(15)14-10-5-4-6-11(7-10)18(3,16)17/h4-7,9,13H,8H2,1-3H3,(H,14,15). The Kier molecular flexibility index (Phi) is 4.86. The third-order valence-electron chi connectivity index (χ3n) is 2.49. The van der Waals surface area contributed by atoms with E-state index in [-0.39, 0.29) is 16.7 Å². The summed E-state index contributed by atoms with van der Waals surface area (Å²) >= 11 is 0. The summed E-state index contributed by atoms with van der Waals surface area (Å²) in [5.74, 6) is -0.327. The minimum atomic E-state index is -3.26. The largest absolute Gasteiger partial charge is 0.326 e. The SMILES string of the molecule is CNCC(C)C(=O)Nc1cccc(S(C)(=O)=O)c1. The molecule has 1 aromatic carbocycles. The Morgan fingerprint density at radius 1 is 1.39 bits per heavy atom. The van der Waals surface area contributed by atoms with E-state index in [9.17, 15) is 13.2 Å². The Hall–Kier alpha value is -1.40. The highest BCUT2D eigenvalue weighted by molar-refractivity contribution is 7.90. The van der Waals surface area contributed by atoms with E-state index in [4.69, 9.17) is 0 Å². The predicted octanol–water partition coefficient (Wildman–Crippen LogP) is 0.884. The van der Waals surface area contributed by atoms with Crippen molar-refractivity contribution in [3.05, 3.63) is 24.3 Å². The number of carbonyl (C=O) groups is 1. The van der Waals surface area contributed by atoms with Crippen molar-refractivity contribution in [1.29, 1.82) is 0 Å². The zero-order chi connectivity index (χ0) is 13.8. The maximum atomic E-state index is 11.8. The molecule has 1 rings (SSSR count). The van der Waals surface area contributed by atoms with Crippen molar-refractivity contribution >= 4 is 21.4 Å². The van der Waals surface area contributed by atoms with E-state index < -0.39 is 9.84 Å². The van der Waals surface area contributed by atoms with Crippen molar-refractivity contribution in [1.82, 2.24) is 5.32 Å². The molecule has 0 radical (unpaired) electrons. The molecule has 0 fully saturated rings. The number of rotatable bonds is 5. The Labute approximate surface area is 108 Å². The number of nitrogens with one attached hydrogen (secondary N) is 2. The normalized spacial score (nSPS) is 13.1. The minimum absolute atomic E-state index is 0.144. The van der Waals surface area contributed by atoms with Crippen molar-refractivity contribution < 1.29 is 13.2 Å². The van der Waals surface area contributed by atoms with Gasteiger partial charge in [-0.3, -0.25) is 4.79 Å². The van der Waals surface area contributed by atoms with Crippen LogP contribution in [-0.2, 0) is 14.6 Å². The Morgan fingerprint density at radius 3 is 2.61 bits per heavy atom. The van der Waals surface area contributed by atoms with Gasteiger partial charge in [-0.1, -0.05) is 13.0 Å². The van der Waals surface area contributed by atoms with Gasteiger partial charge in [-0.25, -0.2) is 8.42 Å². The second kappa shape index (κ2) is 5.97. The molecule has 6 heteroatoms. The molecule has 0 aromatic heterocycles. The van der Waals surface area contributed by atoms with Gasteiger partial charge in [0.1, 0.15) is 0 Å². The Bertz CT molecular complexity index is 526. The number of amides is 1. The summed E-state index contributed by atoms with van der Waals surface area (Å²) in [6.07, 6.45) is 1.14. The molecule has 100 valence electrons. The van der Waals surface area contributed by atoms with Crippen molar-refractivity contribution in [2.75, 3.05) is 25.2 Å². The van der Waals surface area contributed by atoms with E-state index in [1.807, 2.05) is 0 Å². The number of benzene rings is 1. The summed E-state index contributed by atoms with van der Waals surface area (Å²) in [6.45, 7) is 2.36. The highest BCUT2D eigenvalue weighted by atomic mass is 32.2. The van der Waals surface area contributed by atoms with E-state index >= 15 is 0 Å². The molecule has 1 unspecified atom stereocenters. The lowest BCUT2D eigenvalue weighted by Crippen LogP contribution is -2.28. The van der Waals surface area contributed by atoms with Crippen LogP contribution in [0.25, 0.3) is 0 Å². The molecule has 0 aliphatic carbocycles. The summed E-state index contributed by atoms with van der Waals surface area (Å²) in [5.41, 5.74) is 0.492. The van der Waals surface area contributed by atoms with Gasteiger partial charge in [0.25, 0.3) is 0 Å². The molecule has 0 aliphatic rings. The lowest BCUT2D eigenvalue weighted by Gasteiger charge is -2.12. The highest BCUT2D eigenvalue weighted by Crippen LogP contribution is 2.15. The van der Waals surface area contributed by atoms with E-state index in [1.165, 1.54) is 12.1 Å². The highest BCUT2D eigenvalue weighted by Gasteiger charge is 2.13. The van der Waals surface area contributed by atoms with Crippen LogP contribution >= 0.6 is 0 Å². The first-order valence-corrected chi connectivity index (χ1v) is 7.49. The van der Waals surface area contributed by atoms with Gasteiger partial charge >= 0.3 is 0 Å². The third-order valence-corrected chi connectivity index (χ3v) is 3.60. The second-order valence-corrected chi connectivity index (χ2v) is 6.26. The first kappa shape index (κ1) is 14.7. The zero-order valence-corrected chi connectivity index (χ0v) is 11.5. The molecular formula is C12H18N2O3S. The molecule has 0 saturated carbocycles. The van der Waals surface area contributed by atoms with E-state index in [2.05, 4.69) is 10.6 Å². The molecule has 2 N–H and O–H groups in total. The first-order chi connectivity index (χ1) is 8.34. The zero-order valence-electron chi connectivity index (χ0n) is 10.7. The van der Waals surface area contributed by atoms with E-state index in [1.54, 1.807) is 26.1 Å². The predicted molar refractivity (Wildman–Crippen MR) is 71.3 cm³/mol. The Morgan fingerprint density at radius 2 is 2.06 bits per heavy atom. The molecule has 5 nitrogen and oxygen atoms in total. The molecule has 0 aliphatic heterocycles. The summed E-state index contributed by atoms with van der Waals surface area (Å²) in [5, 5.41) is 5.61. The average Bonchev–Trinajstić information content (AvgIpc) is 2.28. The average molecular weight is 270 g/mol. The van der Waals surface area contributed by atoms with Crippen LogP contribution in [0.1, 0.15) is 6.92 Å². The lowest BCUT2D eigenvalue weighted by molar-refractivity contribution is -0.119. The van der Waals surface area contributed by atoms with Crippen molar-refractivity contribution in [2.45, 2.75) is 11.8 Å². The fourth-order valence-corrected chi connectivity index (χ4v) is 2.14. The summed E-state index contributed by atoms with van der Waals surface area (Å²) in [7, 11) is -1.48. The quantitative estimate of drug-likeness (QED) is 0.833. The molecule has 0 heterocycles. The molecule has 18 heavy (non-hydrogen) atoms. The number of anilines is 1. The van der Waals surface area contributed by atoms with Gasteiger partial charge in [0, 0.05) is 24.4 Å². The van der Waals surface area contributed by atoms with Crippen LogP contribution in [0.2, 0.25) is 0 Å². The molecule has 0 saturated heterocycles. The topological polar surface area (TPSA) is 75.3 Å². The Balaban J connectivity index is 2.83. The monoisotopic (exact) mass is 270 g/mol. The van der Waals surface area contributed by atoms with Gasteiger partial charge < -0.3 is 10.6 Å². The molecule has 1 atom stereocenters. The van der Waals surface area contributed by atoms with Crippen LogP contribution in [0.4, 0.5) is 5.69 Å². The smallest absolute Gasteiger partial charge is 0.228 e.